The smallest absolute Gasteiger partial charge is 0.119 e. The third kappa shape index (κ3) is 6.67. The highest BCUT2D eigenvalue weighted by atomic mass is 35.5. The van der Waals surface area contributed by atoms with Crippen LogP contribution < -0.4 is 9.64 Å². The zero-order valence-corrected chi connectivity index (χ0v) is 14.2. The van der Waals surface area contributed by atoms with Gasteiger partial charge in [0.2, 0.25) is 0 Å². The van der Waals surface area contributed by atoms with Gasteiger partial charge in [-0.3, -0.25) is 0 Å². The Balaban J connectivity index is 0.00000264. The van der Waals surface area contributed by atoms with Crippen LogP contribution in [0, 0.1) is 0 Å². The van der Waals surface area contributed by atoms with Gasteiger partial charge in [0.1, 0.15) is 18.5 Å². The van der Waals surface area contributed by atoms with Crippen LogP contribution in [0.25, 0.3) is 0 Å². The van der Waals surface area contributed by atoms with Crippen LogP contribution in [0.4, 0.5) is 5.69 Å². The molecule has 1 atom stereocenters. The van der Waals surface area contributed by atoms with Crippen molar-refractivity contribution < 1.29 is 14.9 Å². The van der Waals surface area contributed by atoms with Crippen molar-refractivity contribution >= 4 is 29.7 Å². The summed E-state index contributed by atoms with van der Waals surface area (Å²) in [5.74, 6) is 0.664. The van der Waals surface area contributed by atoms with Crippen LogP contribution in [-0.2, 0) is 0 Å². The molecule has 0 saturated carbocycles. The molecule has 0 amide bonds. The maximum absolute atomic E-state index is 10.1. The average Bonchev–Trinajstić information content (AvgIpc) is 2.55. The fourth-order valence-corrected chi connectivity index (χ4v) is 2.24. The zero-order chi connectivity index (χ0) is 15.8. The van der Waals surface area contributed by atoms with Crippen molar-refractivity contribution in [3.63, 3.8) is 0 Å². The Kier molecular flexibility index (Phi) is 8.81. The van der Waals surface area contributed by atoms with E-state index in [9.17, 15) is 10.2 Å². The van der Waals surface area contributed by atoms with Gasteiger partial charge in [-0.25, -0.2) is 0 Å². The van der Waals surface area contributed by atoms with Gasteiger partial charge >= 0.3 is 0 Å². The van der Waals surface area contributed by atoms with Crippen molar-refractivity contribution in [1.82, 2.24) is 0 Å². The van der Waals surface area contributed by atoms with Gasteiger partial charge in [0, 0.05) is 23.8 Å². The summed E-state index contributed by atoms with van der Waals surface area (Å²) >= 11 is 5.81. The lowest BCUT2D eigenvalue weighted by Crippen LogP contribution is -2.37. The summed E-state index contributed by atoms with van der Waals surface area (Å²) < 4.78 is 5.54. The maximum Gasteiger partial charge on any atom is 0.119 e. The minimum atomic E-state index is -0.664. The van der Waals surface area contributed by atoms with Gasteiger partial charge in [0.25, 0.3) is 0 Å². The van der Waals surface area contributed by atoms with Crippen LogP contribution >= 0.6 is 24.0 Å². The molecule has 6 heteroatoms. The Bertz CT molecular complexity index is 552. The second-order valence-electron chi connectivity index (χ2n) is 4.92. The average molecular weight is 358 g/mol. The third-order valence-electron chi connectivity index (χ3n) is 3.18. The molecule has 2 aromatic carbocycles. The van der Waals surface area contributed by atoms with Gasteiger partial charge in [0.15, 0.2) is 0 Å². The lowest BCUT2D eigenvalue weighted by atomic mass is 10.2. The van der Waals surface area contributed by atoms with Crippen LogP contribution in [0.3, 0.4) is 0 Å². The molecular formula is C17H21Cl2NO3. The van der Waals surface area contributed by atoms with E-state index in [0.29, 0.717) is 23.9 Å². The molecule has 0 aromatic heterocycles. The summed E-state index contributed by atoms with van der Waals surface area (Å²) in [7, 11) is 0. The molecule has 0 bridgehead atoms. The summed E-state index contributed by atoms with van der Waals surface area (Å²) in [6.07, 6.45) is -0.664. The Hall–Kier alpha value is -1.46. The highest BCUT2D eigenvalue weighted by Crippen LogP contribution is 2.16. The molecule has 2 aromatic rings. The van der Waals surface area contributed by atoms with Gasteiger partial charge in [-0.1, -0.05) is 29.8 Å². The molecule has 1 unspecified atom stereocenters. The molecule has 4 nitrogen and oxygen atoms in total. The Morgan fingerprint density at radius 3 is 2.30 bits per heavy atom. The number of ether oxygens (including phenoxy) is 1. The number of para-hydroxylation sites is 1. The first-order valence-corrected chi connectivity index (χ1v) is 7.54. The van der Waals surface area contributed by atoms with Crippen molar-refractivity contribution in [3.05, 3.63) is 59.6 Å². The van der Waals surface area contributed by atoms with Crippen LogP contribution in [0.2, 0.25) is 5.02 Å². The van der Waals surface area contributed by atoms with Crippen molar-refractivity contribution in [2.75, 3.05) is 31.2 Å². The number of benzene rings is 2. The number of hydrogen-bond acceptors (Lipinski definition) is 4. The predicted molar refractivity (Wildman–Crippen MR) is 95.9 cm³/mol. The summed E-state index contributed by atoms with van der Waals surface area (Å²) in [5.41, 5.74) is 0.960. The summed E-state index contributed by atoms with van der Waals surface area (Å²) in [4.78, 5) is 1.93. The largest absolute Gasteiger partial charge is 0.491 e. The molecule has 0 saturated heterocycles. The van der Waals surface area contributed by atoms with E-state index in [1.165, 1.54) is 0 Å². The number of nitrogens with zero attached hydrogens (tertiary/aromatic N) is 1. The van der Waals surface area contributed by atoms with E-state index in [4.69, 9.17) is 16.3 Å². The lowest BCUT2D eigenvalue weighted by molar-refractivity contribution is 0.111. The van der Waals surface area contributed by atoms with Gasteiger partial charge in [-0.05, 0) is 36.4 Å². The minimum Gasteiger partial charge on any atom is -0.491 e. The van der Waals surface area contributed by atoms with Crippen LogP contribution in [0.5, 0.6) is 5.75 Å². The molecule has 2 rings (SSSR count). The fraction of sp³-hybridized carbons (Fsp3) is 0.294. The van der Waals surface area contributed by atoms with Crippen molar-refractivity contribution in [1.29, 1.82) is 0 Å². The Labute approximate surface area is 147 Å². The molecule has 0 spiro atoms. The first kappa shape index (κ1) is 19.6. The molecule has 0 heterocycles. The van der Waals surface area contributed by atoms with Gasteiger partial charge < -0.3 is 19.8 Å². The number of halogens is 2. The first-order chi connectivity index (χ1) is 10.7. The molecule has 0 aliphatic rings. The maximum atomic E-state index is 10.1. The lowest BCUT2D eigenvalue weighted by Gasteiger charge is -2.26. The van der Waals surface area contributed by atoms with Crippen molar-refractivity contribution in [2.45, 2.75) is 6.10 Å². The Morgan fingerprint density at radius 1 is 1.04 bits per heavy atom. The normalized spacial score (nSPS) is 11.4. The Morgan fingerprint density at radius 2 is 1.70 bits per heavy atom. The molecule has 0 radical (unpaired) electrons. The van der Waals surface area contributed by atoms with Crippen LogP contribution in [-0.4, -0.2) is 42.6 Å². The van der Waals surface area contributed by atoms with Gasteiger partial charge in [-0.15, -0.1) is 12.4 Å². The minimum absolute atomic E-state index is 0. The summed E-state index contributed by atoms with van der Waals surface area (Å²) in [6.45, 7) is 1.05. The van der Waals surface area contributed by atoms with Crippen molar-refractivity contribution in [3.8, 4) is 5.75 Å². The highest BCUT2D eigenvalue weighted by molar-refractivity contribution is 6.30. The molecule has 0 aliphatic carbocycles. The number of aliphatic hydroxyl groups is 2. The van der Waals surface area contributed by atoms with E-state index in [0.717, 1.165) is 5.69 Å². The topological polar surface area (TPSA) is 52.9 Å². The molecule has 2 N–H and O–H groups in total. The molecule has 0 fully saturated rings. The second-order valence-corrected chi connectivity index (χ2v) is 5.36. The predicted octanol–water partition coefficient (Wildman–Crippen LogP) is 3.00. The summed E-state index contributed by atoms with van der Waals surface area (Å²) in [6, 6.07) is 16.7. The van der Waals surface area contributed by atoms with Crippen LogP contribution in [0.15, 0.2) is 54.6 Å². The van der Waals surface area contributed by atoms with Gasteiger partial charge in [-0.2, -0.15) is 0 Å². The molecule has 126 valence electrons. The SMILES string of the molecule is Cl.OCCN(CC(O)COc1ccc(Cl)cc1)c1ccccc1. The first-order valence-electron chi connectivity index (χ1n) is 7.16. The second kappa shape index (κ2) is 10.3. The van der Waals surface area contributed by atoms with Crippen molar-refractivity contribution in [2.24, 2.45) is 0 Å². The zero-order valence-electron chi connectivity index (χ0n) is 12.6. The van der Waals surface area contributed by atoms with E-state index in [2.05, 4.69) is 0 Å². The van der Waals surface area contributed by atoms with E-state index < -0.39 is 6.10 Å². The number of rotatable bonds is 8. The third-order valence-corrected chi connectivity index (χ3v) is 3.43. The van der Waals surface area contributed by atoms with E-state index in [1.54, 1.807) is 24.3 Å². The number of anilines is 1. The van der Waals surface area contributed by atoms with Gasteiger partial charge in [0.05, 0.1) is 6.61 Å². The van der Waals surface area contributed by atoms with E-state index in [-0.39, 0.29) is 25.6 Å². The molecule has 0 aliphatic heterocycles. The highest BCUT2D eigenvalue weighted by Gasteiger charge is 2.13. The standard InChI is InChI=1S/C17H20ClNO3.ClH/c18-14-6-8-17(9-7-14)22-13-16(21)12-19(10-11-20)15-4-2-1-3-5-15;/h1-9,16,20-21H,10-13H2;1H. The van der Waals surface area contributed by atoms with E-state index in [1.807, 2.05) is 35.2 Å². The number of hydrogen-bond donors (Lipinski definition) is 2. The quantitative estimate of drug-likeness (QED) is 0.762. The monoisotopic (exact) mass is 357 g/mol. The molecule has 23 heavy (non-hydrogen) atoms. The number of aliphatic hydroxyl groups excluding tert-OH is 2. The fourth-order valence-electron chi connectivity index (χ4n) is 2.12. The summed E-state index contributed by atoms with van der Waals surface area (Å²) in [5, 5.41) is 20.0. The van der Waals surface area contributed by atoms with Crippen LogP contribution in [0.1, 0.15) is 0 Å². The van der Waals surface area contributed by atoms with E-state index >= 15 is 0 Å². The molecular weight excluding hydrogens is 337 g/mol.